The van der Waals surface area contributed by atoms with Crippen molar-refractivity contribution in [2.75, 3.05) is 0 Å². The molecule has 88 valence electrons. The van der Waals surface area contributed by atoms with Crippen molar-refractivity contribution in [2.24, 2.45) is 0 Å². The Morgan fingerprint density at radius 3 is 2.76 bits per heavy atom. The topological polar surface area (TPSA) is 25.8 Å². The highest BCUT2D eigenvalue weighted by Crippen LogP contribution is 2.20. The van der Waals surface area contributed by atoms with E-state index >= 15 is 0 Å². The summed E-state index contributed by atoms with van der Waals surface area (Å²) in [6, 6.07) is 4.84. The Balaban J connectivity index is 2.31. The zero-order valence-electron chi connectivity index (χ0n) is 8.42. The normalized spacial score (nSPS) is 10.6. The number of halogens is 4. The fourth-order valence-electron chi connectivity index (χ4n) is 1.32. The van der Waals surface area contributed by atoms with Crippen LogP contribution in [0.15, 0.2) is 24.4 Å². The molecular formula is C11H6Cl2FIN2. The molecule has 0 aliphatic carbocycles. The molecule has 0 unspecified atom stereocenters. The highest BCUT2D eigenvalue weighted by Gasteiger charge is 2.09. The van der Waals surface area contributed by atoms with Crippen LogP contribution in [0.2, 0.25) is 10.2 Å². The molecule has 2 rings (SSSR count). The van der Waals surface area contributed by atoms with Gasteiger partial charge in [0.15, 0.2) is 0 Å². The summed E-state index contributed by atoms with van der Waals surface area (Å²) in [6.07, 6.45) is 1.87. The van der Waals surface area contributed by atoms with Crippen LogP contribution in [0.3, 0.4) is 0 Å². The van der Waals surface area contributed by atoms with Crippen LogP contribution in [0.5, 0.6) is 0 Å². The Morgan fingerprint density at radius 2 is 2.06 bits per heavy atom. The van der Waals surface area contributed by atoms with E-state index in [2.05, 4.69) is 9.97 Å². The van der Waals surface area contributed by atoms with E-state index in [-0.39, 0.29) is 11.4 Å². The standard InChI is InChI=1S/C11H6Cl2FIN2/c12-7-3-1-2-6(10(7)14)4-9-16-5-8(15)11(13)17-9/h1-3,5H,4H2. The zero-order chi connectivity index (χ0) is 12.4. The van der Waals surface area contributed by atoms with E-state index in [4.69, 9.17) is 23.2 Å². The molecule has 0 spiro atoms. The summed E-state index contributed by atoms with van der Waals surface area (Å²) in [4.78, 5) is 8.17. The number of benzene rings is 1. The van der Waals surface area contributed by atoms with E-state index in [0.717, 1.165) is 3.57 Å². The van der Waals surface area contributed by atoms with Gasteiger partial charge in [-0.05, 0) is 34.2 Å². The minimum atomic E-state index is -0.438. The summed E-state index contributed by atoms with van der Waals surface area (Å²) in [5.74, 6) is 0.0315. The number of nitrogens with zero attached hydrogens (tertiary/aromatic N) is 2. The van der Waals surface area contributed by atoms with E-state index in [1.807, 2.05) is 22.6 Å². The van der Waals surface area contributed by atoms with Crippen LogP contribution in [-0.2, 0) is 6.42 Å². The van der Waals surface area contributed by atoms with Crippen LogP contribution in [0.25, 0.3) is 0 Å². The average molecular weight is 383 g/mol. The molecule has 17 heavy (non-hydrogen) atoms. The van der Waals surface area contributed by atoms with Crippen molar-refractivity contribution in [1.82, 2.24) is 9.97 Å². The molecule has 0 radical (unpaired) electrons. The van der Waals surface area contributed by atoms with Crippen molar-refractivity contribution in [1.29, 1.82) is 0 Å². The number of rotatable bonds is 2. The van der Waals surface area contributed by atoms with Crippen LogP contribution < -0.4 is 0 Å². The van der Waals surface area contributed by atoms with Crippen LogP contribution in [0.4, 0.5) is 4.39 Å². The summed E-state index contributed by atoms with van der Waals surface area (Å²) in [7, 11) is 0. The van der Waals surface area contributed by atoms with Crippen LogP contribution in [0.1, 0.15) is 11.4 Å². The van der Waals surface area contributed by atoms with Gasteiger partial charge in [-0.15, -0.1) is 0 Å². The molecule has 0 aliphatic heterocycles. The number of aromatic nitrogens is 2. The van der Waals surface area contributed by atoms with E-state index in [1.165, 1.54) is 6.07 Å². The van der Waals surface area contributed by atoms with Gasteiger partial charge in [-0.3, -0.25) is 0 Å². The quantitative estimate of drug-likeness (QED) is 0.576. The SMILES string of the molecule is Fc1c(Cl)cccc1Cc1ncc(I)c(Cl)n1. The Labute approximate surface area is 121 Å². The molecule has 2 aromatic rings. The molecule has 0 fully saturated rings. The lowest BCUT2D eigenvalue weighted by molar-refractivity contribution is 0.612. The third kappa shape index (κ3) is 3.05. The molecule has 0 atom stereocenters. The second-order valence-corrected chi connectivity index (χ2v) is 5.24. The highest BCUT2D eigenvalue weighted by atomic mass is 127. The first-order chi connectivity index (χ1) is 8.08. The van der Waals surface area contributed by atoms with E-state index in [0.29, 0.717) is 16.5 Å². The fraction of sp³-hybridized carbons (Fsp3) is 0.0909. The monoisotopic (exact) mass is 382 g/mol. The molecule has 0 saturated carbocycles. The van der Waals surface area contributed by atoms with Gasteiger partial charge < -0.3 is 0 Å². The third-order valence-corrected chi connectivity index (χ3v) is 3.82. The molecule has 0 aliphatic rings. The molecule has 6 heteroatoms. The van der Waals surface area contributed by atoms with Gasteiger partial charge >= 0.3 is 0 Å². The third-order valence-electron chi connectivity index (χ3n) is 2.13. The number of hydrogen-bond acceptors (Lipinski definition) is 2. The summed E-state index contributed by atoms with van der Waals surface area (Å²) in [5.41, 5.74) is 0.453. The molecule has 0 bridgehead atoms. The molecule has 1 aromatic carbocycles. The molecule has 0 N–H and O–H groups in total. The van der Waals surface area contributed by atoms with Crippen LogP contribution in [0, 0.1) is 9.39 Å². The predicted octanol–water partition coefficient (Wildman–Crippen LogP) is 4.12. The summed E-state index contributed by atoms with van der Waals surface area (Å²) >= 11 is 13.6. The lowest BCUT2D eigenvalue weighted by atomic mass is 10.1. The van der Waals surface area contributed by atoms with Crippen LogP contribution >= 0.6 is 45.8 Å². The maximum absolute atomic E-state index is 13.6. The first-order valence-corrected chi connectivity index (χ1v) is 6.51. The van der Waals surface area contributed by atoms with Crippen molar-refractivity contribution in [3.63, 3.8) is 0 Å². The van der Waals surface area contributed by atoms with Crippen molar-refractivity contribution in [3.05, 3.63) is 55.3 Å². The molecular weight excluding hydrogens is 377 g/mol. The van der Waals surface area contributed by atoms with Crippen molar-refractivity contribution in [3.8, 4) is 0 Å². The Hall–Kier alpha value is -0.460. The Morgan fingerprint density at radius 1 is 1.29 bits per heavy atom. The summed E-state index contributed by atoms with van der Waals surface area (Å²) < 4.78 is 14.4. The zero-order valence-corrected chi connectivity index (χ0v) is 12.1. The summed E-state index contributed by atoms with van der Waals surface area (Å²) in [6.45, 7) is 0. The molecule has 0 saturated heterocycles. The minimum absolute atomic E-state index is 0.0964. The Kier molecular flexibility index (Phi) is 4.17. The smallest absolute Gasteiger partial charge is 0.146 e. The van der Waals surface area contributed by atoms with Crippen molar-refractivity contribution < 1.29 is 4.39 Å². The van der Waals surface area contributed by atoms with E-state index in [1.54, 1.807) is 18.3 Å². The van der Waals surface area contributed by atoms with Gasteiger partial charge in [0.1, 0.15) is 16.8 Å². The molecule has 2 nitrogen and oxygen atoms in total. The highest BCUT2D eigenvalue weighted by molar-refractivity contribution is 14.1. The van der Waals surface area contributed by atoms with Crippen molar-refractivity contribution >= 4 is 45.8 Å². The predicted molar refractivity (Wildman–Crippen MR) is 74.0 cm³/mol. The van der Waals surface area contributed by atoms with Crippen molar-refractivity contribution in [2.45, 2.75) is 6.42 Å². The van der Waals surface area contributed by atoms with E-state index in [9.17, 15) is 4.39 Å². The number of hydrogen-bond donors (Lipinski definition) is 0. The van der Waals surface area contributed by atoms with Gasteiger partial charge in [-0.25, -0.2) is 14.4 Å². The van der Waals surface area contributed by atoms with Crippen LogP contribution in [-0.4, -0.2) is 9.97 Å². The first-order valence-electron chi connectivity index (χ1n) is 4.67. The van der Waals surface area contributed by atoms with Gasteiger partial charge in [0.2, 0.25) is 0 Å². The molecule has 1 heterocycles. The fourth-order valence-corrected chi connectivity index (χ4v) is 1.92. The lowest BCUT2D eigenvalue weighted by Crippen LogP contribution is -2.00. The van der Waals surface area contributed by atoms with Gasteiger partial charge in [-0.1, -0.05) is 35.3 Å². The largest absolute Gasteiger partial charge is 0.240 e. The maximum Gasteiger partial charge on any atom is 0.146 e. The van der Waals surface area contributed by atoms with Gasteiger partial charge in [0, 0.05) is 12.6 Å². The van der Waals surface area contributed by atoms with Gasteiger partial charge in [0.25, 0.3) is 0 Å². The summed E-state index contributed by atoms with van der Waals surface area (Å²) in [5, 5.41) is 0.470. The minimum Gasteiger partial charge on any atom is -0.240 e. The molecule has 0 amide bonds. The molecule has 1 aromatic heterocycles. The average Bonchev–Trinajstić information content (AvgIpc) is 2.30. The van der Waals surface area contributed by atoms with Gasteiger partial charge in [0.05, 0.1) is 8.59 Å². The van der Waals surface area contributed by atoms with Gasteiger partial charge in [-0.2, -0.15) is 0 Å². The lowest BCUT2D eigenvalue weighted by Gasteiger charge is -2.04. The Bertz CT molecular complexity index is 563. The first kappa shape index (κ1) is 13.0. The second-order valence-electron chi connectivity index (χ2n) is 3.31. The second kappa shape index (κ2) is 5.46. The maximum atomic E-state index is 13.6. The van der Waals surface area contributed by atoms with E-state index < -0.39 is 5.82 Å².